The van der Waals surface area contributed by atoms with Gasteiger partial charge in [0, 0.05) is 13.1 Å². The van der Waals surface area contributed by atoms with E-state index in [0.717, 1.165) is 24.8 Å². The molecule has 0 saturated carbocycles. The number of aryl methyl sites for hydroxylation is 1. The number of rotatable bonds is 7. The fraction of sp³-hybridized carbons (Fsp3) is 0.500. The minimum Gasteiger partial charge on any atom is -0.477 e. The Morgan fingerprint density at radius 1 is 1.38 bits per heavy atom. The van der Waals surface area contributed by atoms with Gasteiger partial charge in [0.1, 0.15) is 21.9 Å². The maximum Gasteiger partial charge on any atom is 0.346 e. The smallest absolute Gasteiger partial charge is 0.346 e. The zero-order valence-corrected chi connectivity index (χ0v) is 13.0. The van der Waals surface area contributed by atoms with E-state index in [-0.39, 0.29) is 6.61 Å². The average molecular weight is 309 g/mol. The number of hydrogen-bond acceptors (Lipinski definition) is 6. The van der Waals surface area contributed by atoms with E-state index in [0.29, 0.717) is 27.6 Å². The summed E-state index contributed by atoms with van der Waals surface area (Å²) in [6.45, 7) is 5.17. The molecule has 2 aromatic rings. The molecule has 0 spiro atoms. The molecule has 0 unspecified atom stereocenters. The number of aliphatic hydroxyl groups is 1. The van der Waals surface area contributed by atoms with Crippen molar-refractivity contribution >= 4 is 33.3 Å². The highest BCUT2D eigenvalue weighted by Crippen LogP contribution is 2.34. The number of carboxylic acids is 1. The van der Waals surface area contributed by atoms with Gasteiger partial charge in [-0.2, -0.15) is 0 Å². The topological polar surface area (TPSA) is 86.5 Å². The first kappa shape index (κ1) is 15.7. The van der Waals surface area contributed by atoms with Gasteiger partial charge in [-0.1, -0.05) is 13.3 Å². The molecule has 0 amide bonds. The molecular formula is C14H19N3O3S. The molecule has 0 aliphatic carbocycles. The number of thiophene rings is 1. The Morgan fingerprint density at radius 2 is 2.14 bits per heavy atom. The number of fused-ring (bicyclic) bond motifs is 1. The molecule has 0 aliphatic heterocycles. The van der Waals surface area contributed by atoms with Crippen molar-refractivity contribution in [1.29, 1.82) is 0 Å². The molecule has 2 rings (SSSR count). The van der Waals surface area contributed by atoms with Crippen LogP contribution in [0.5, 0.6) is 0 Å². The summed E-state index contributed by atoms with van der Waals surface area (Å²) in [4.78, 5) is 22.8. The Kier molecular flexibility index (Phi) is 5.08. The Morgan fingerprint density at radius 3 is 2.76 bits per heavy atom. The second-order valence-electron chi connectivity index (χ2n) is 4.80. The summed E-state index contributed by atoms with van der Waals surface area (Å²) < 4.78 is 0. The number of aromatic carboxylic acids is 1. The van der Waals surface area contributed by atoms with E-state index >= 15 is 0 Å². The van der Waals surface area contributed by atoms with Crippen LogP contribution in [0, 0.1) is 6.92 Å². The first-order valence-corrected chi connectivity index (χ1v) is 7.75. The molecule has 0 atom stereocenters. The molecule has 0 saturated heterocycles. The van der Waals surface area contributed by atoms with Crippen molar-refractivity contribution < 1.29 is 15.0 Å². The molecule has 0 radical (unpaired) electrons. The van der Waals surface area contributed by atoms with Crippen molar-refractivity contribution in [2.45, 2.75) is 26.7 Å². The van der Waals surface area contributed by atoms with Gasteiger partial charge >= 0.3 is 5.97 Å². The Labute approximate surface area is 127 Å². The van der Waals surface area contributed by atoms with E-state index < -0.39 is 5.97 Å². The molecule has 2 aromatic heterocycles. The van der Waals surface area contributed by atoms with Crippen molar-refractivity contribution in [3.63, 3.8) is 0 Å². The molecule has 2 N–H and O–H groups in total. The number of hydrogen-bond donors (Lipinski definition) is 2. The largest absolute Gasteiger partial charge is 0.477 e. The van der Waals surface area contributed by atoms with E-state index in [2.05, 4.69) is 16.9 Å². The number of aromatic nitrogens is 2. The standard InChI is InChI=1S/C14H19N3O3S/c1-3-4-5-17(6-7-18)12-10-9(2)11(14(19)20)21-13(10)16-8-15-12/h8,18H,3-7H2,1-2H3,(H,19,20). The zero-order valence-electron chi connectivity index (χ0n) is 12.2. The predicted octanol–water partition coefficient (Wildman–Crippen LogP) is 2.30. The predicted molar refractivity (Wildman–Crippen MR) is 83.3 cm³/mol. The third-order valence-corrected chi connectivity index (χ3v) is 4.54. The summed E-state index contributed by atoms with van der Waals surface area (Å²) in [5, 5.41) is 19.3. The molecule has 0 bridgehead atoms. The number of carboxylic acid groups (broad SMARTS) is 1. The number of carbonyl (C=O) groups is 1. The molecule has 21 heavy (non-hydrogen) atoms. The fourth-order valence-electron chi connectivity index (χ4n) is 2.29. The van der Waals surface area contributed by atoms with Crippen molar-refractivity contribution in [3.05, 3.63) is 16.8 Å². The summed E-state index contributed by atoms with van der Waals surface area (Å²) in [6.07, 6.45) is 3.48. The third kappa shape index (κ3) is 3.14. The van der Waals surface area contributed by atoms with Crippen LogP contribution in [0.15, 0.2) is 6.33 Å². The van der Waals surface area contributed by atoms with E-state index in [4.69, 9.17) is 0 Å². The van der Waals surface area contributed by atoms with Crippen LogP contribution < -0.4 is 4.90 Å². The summed E-state index contributed by atoms with van der Waals surface area (Å²) in [7, 11) is 0. The van der Waals surface area contributed by atoms with Crippen LogP contribution in [0.2, 0.25) is 0 Å². The van der Waals surface area contributed by atoms with E-state index in [1.54, 1.807) is 6.92 Å². The monoisotopic (exact) mass is 309 g/mol. The summed E-state index contributed by atoms with van der Waals surface area (Å²) in [5.41, 5.74) is 0.692. The lowest BCUT2D eigenvalue weighted by Crippen LogP contribution is -2.28. The van der Waals surface area contributed by atoms with Crippen molar-refractivity contribution in [1.82, 2.24) is 9.97 Å². The first-order valence-electron chi connectivity index (χ1n) is 6.93. The maximum absolute atomic E-state index is 11.3. The minimum absolute atomic E-state index is 0.0319. The molecule has 114 valence electrons. The van der Waals surface area contributed by atoms with Gasteiger partial charge in [-0.3, -0.25) is 0 Å². The number of unbranched alkanes of at least 4 members (excludes halogenated alkanes) is 1. The van der Waals surface area contributed by atoms with Gasteiger partial charge in [-0.05, 0) is 18.9 Å². The molecule has 2 heterocycles. The summed E-state index contributed by atoms with van der Waals surface area (Å²) in [6, 6.07) is 0. The second kappa shape index (κ2) is 6.82. The van der Waals surface area contributed by atoms with Gasteiger partial charge in [0.2, 0.25) is 0 Å². The highest BCUT2D eigenvalue weighted by Gasteiger charge is 2.21. The average Bonchev–Trinajstić information content (AvgIpc) is 2.81. The maximum atomic E-state index is 11.3. The molecule has 0 fully saturated rings. The van der Waals surface area contributed by atoms with E-state index in [1.807, 2.05) is 4.90 Å². The van der Waals surface area contributed by atoms with Gasteiger partial charge in [0.25, 0.3) is 0 Å². The van der Waals surface area contributed by atoms with Crippen LogP contribution in [-0.2, 0) is 0 Å². The van der Waals surface area contributed by atoms with Crippen molar-refractivity contribution in [2.75, 3.05) is 24.6 Å². The number of anilines is 1. The molecule has 6 nitrogen and oxygen atoms in total. The highest BCUT2D eigenvalue weighted by molar-refractivity contribution is 7.20. The molecular weight excluding hydrogens is 290 g/mol. The number of aliphatic hydroxyl groups excluding tert-OH is 1. The highest BCUT2D eigenvalue weighted by atomic mass is 32.1. The molecule has 0 aliphatic rings. The quantitative estimate of drug-likeness (QED) is 0.816. The Hall–Kier alpha value is -1.73. The SMILES string of the molecule is CCCCN(CCO)c1ncnc2sc(C(=O)O)c(C)c12. The van der Waals surface area contributed by atoms with Crippen LogP contribution in [0.25, 0.3) is 10.2 Å². The lowest BCUT2D eigenvalue weighted by Gasteiger charge is -2.23. The van der Waals surface area contributed by atoms with Crippen LogP contribution in [-0.4, -0.2) is 45.8 Å². The van der Waals surface area contributed by atoms with Crippen LogP contribution in [0.4, 0.5) is 5.82 Å². The lowest BCUT2D eigenvalue weighted by molar-refractivity contribution is 0.0701. The molecule has 0 aromatic carbocycles. The summed E-state index contributed by atoms with van der Waals surface area (Å²) >= 11 is 1.17. The third-order valence-electron chi connectivity index (χ3n) is 3.35. The Bertz CT molecular complexity index is 642. The molecule has 7 heteroatoms. The fourth-order valence-corrected chi connectivity index (χ4v) is 3.27. The van der Waals surface area contributed by atoms with Crippen LogP contribution in [0.1, 0.15) is 35.0 Å². The minimum atomic E-state index is -0.941. The van der Waals surface area contributed by atoms with Gasteiger partial charge < -0.3 is 15.1 Å². The number of nitrogens with zero attached hydrogens (tertiary/aromatic N) is 3. The van der Waals surface area contributed by atoms with Crippen molar-refractivity contribution in [2.24, 2.45) is 0 Å². The van der Waals surface area contributed by atoms with E-state index in [9.17, 15) is 15.0 Å². The second-order valence-corrected chi connectivity index (χ2v) is 5.80. The van der Waals surface area contributed by atoms with Gasteiger partial charge in [0.15, 0.2) is 0 Å². The van der Waals surface area contributed by atoms with Gasteiger partial charge in [0.05, 0.1) is 12.0 Å². The summed E-state index contributed by atoms with van der Waals surface area (Å²) in [5.74, 6) is -0.229. The van der Waals surface area contributed by atoms with Crippen LogP contribution in [0.3, 0.4) is 0 Å². The first-order chi connectivity index (χ1) is 10.1. The van der Waals surface area contributed by atoms with Crippen LogP contribution >= 0.6 is 11.3 Å². The normalized spacial score (nSPS) is 11.0. The Balaban J connectivity index is 2.53. The van der Waals surface area contributed by atoms with Gasteiger partial charge in [-0.15, -0.1) is 11.3 Å². The van der Waals surface area contributed by atoms with Gasteiger partial charge in [-0.25, -0.2) is 14.8 Å². The lowest BCUT2D eigenvalue weighted by atomic mass is 10.2. The van der Waals surface area contributed by atoms with E-state index in [1.165, 1.54) is 17.7 Å². The van der Waals surface area contributed by atoms with Crippen molar-refractivity contribution in [3.8, 4) is 0 Å². The zero-order chi connectivity index (χ0) is 15.4.